The van der Waals surface area contributed by atoms with E-state index in [9.17, 15) is 17.2 Å². The van der Waals surface area contributed by atoms with Crippen molar-refractivity contribution in [3.05, 3.63) is 0 Å². The fourth-order valence-electron chi connectivity index (χ4n) is 1.45. The van der Waals surface area contributed by atoms with Crippen LogP contribution in [0.1, 0.15) is 53.9 Å². The molecule has 0 saturated heterocycles. The molecule has 6 heteroatoms. The van der Waals surface area contributed by atoms with Gasteiger partial charge >= 0.3 is 6.61 Å². The van der Waals surface area contributed by atoms with Gasteiger partial charge in [-0.3, -0.25) is 0 Å². The second-order valence-electron chi connectivity index (χ2n) is 5.49. The molecule has 0 aromatic carbocycles. The van der Waals surface area contributed by atoms with Crippen LogP contribution in [0.15, 0.2) is 0 Å². The molecule has 1 saturated carbocycles. The summed E-state index contributed by atoms with van der Waals surface area (Å²) < 4.78 is 49.9. The fourth-order valence-corrected chi connectivity index (χ4v) is 3.65. The molecule has 0 radical (unpaired) electrons. The first-order chi connectivity index (χ1) is 8.04. The zero-order chi connectivity index (χ0) is 14.6. The van der Waals surface area contributed by atoms with Crippen LogP contribution >= 0.6 is 0 Å². The van der Waals surface area contributed by atoms with E-state index in [-0.39, 0.29) is 0 Å². The summed E-state index contributed by atoms with van der Waals surface area (Å²) in [5.41, 5.74) is 0. The van der Waals surface area contributed by atoms with Crippen LogP contribution in [0, 0.1) is 0 Å². The number of halogens is 2. The van der Waals surface area contributed by atoms with E-state index >= 15 is 0 Å². The molecule has 0 amide bonds. The van der Waals surface area contributed by atoms with Gasteiger partial charge in [-0.1, -0.05) is 20.3 Å². The van der Waals surface area contributed by atoms with E-state index < -0.39 is 32.5 Å². The molecule has 3 nitrogen and oxygen atoms in total. The molecule has 0 aromatic rings. The highest BCUT2D eigenvalue weighted by molar-refractivity contribution is 7.94. The zero-order valence-electron chi connectivity index (χ0n) is 11.8. The van der Waals surface area contributed by atoms with Crippen LogP contribution in [0.2, 0.25) is 0 Å². The molecule has 0 bridgehead atoms. The van der Waals surface area contributed by atoms with Gasteiger partial charge in [-0.2, -0.15) is 8.78 Å². The Balaban J connectivity index is 0.000000873. The smallest absolute Gasteiger partial charge is 0.321 e. The Bertz CT molecular complexity index is 346. The highest BCUT2D eigenvalue weighted by atomic mass is 32.2. The van der Waals surface area contributed by atoms with Crippen LogP contribution in [0.25, 0.3) is 0 Å². The summed E-state index contributed by atoms with van der Waals surface area (Å²) in [5, 5.41) is 0. The Morgan fingerprint density at radius 3 is 1.94 bits per heavy atom. The third-order valence-corrected chi connectivity index (χ3v) is 6.17. The van der Waals surface area contributed by atoms with Crippen LogP contribution in [-0.2, 0) is 14.6 Å². The predicted octanol–water partition coefficient (Wildman–Crippen LogP) is 3.39. The average Bonchev–Trinajstić information content (AvgIpc) is 2.96. The van der Waals surface area contributed by atoms with Gasteiger partial charge in [-0.05, 0) is 33.6 Å². The van der Waals surface area contributed by atoms with Crippen LogP contribution in [-0.4, -0.2) is 31.1 Å². The minimum atomic E-state index is -3.42. The Hall–Kier alpha value is -0.230. The Kier molecular flexibility index (Phi) is 6.20. The largest absolute Gasteiger partial charge is 0.345 e. The van der Waals surface area contributed by atoms with Gasteiger partial charge in [-0.15, -0.1) is 0 Å². The normalized spacial score (nSPS) is 18.2. The average molecular weight is 286 g/mol. The molecule has 0 aliphatic heterocycles. The van der Waals surface area contributed by atoms with E-state index in [0.29, 0.717) is 12.8 Å². The molecule has 1 aliphatic carbocycles. The number of sulfone groups is 1. The SMILES string of the molecule is CC(C)(COC(F)F)S(=O)(=O)C1(C)CC1.CCC. The van der Waals surface area contributed by atoms with Gasteiger partial charge in [0.25, 0.3) is 0 Å². The van der Waals surface area contributed by atoms with Crippen molar-refractivity contribution in [3.63, 3.8) is 0 Å². The van der Waals surface area contributed by atoms with Crippen molar-refractivity contribution < 1.29 is 21.9 Å². The summed E-state index contributed by atoms with van der Waals surface area (Å²) in [6, 6.07) is 0. The molecule has 18 heavy (non-hydrogen) atoms. The highest BCUT2D eigenvalue weighted by Crippen LogP contribution is 2.47. The molecule has 0 atom stereocenters. The number of hydrogen-bond donors (Lipinski definition) is 0. The number of hydrogen-bond acceptors (Lipinski definition) is 3. The van der Waals surface area contributed by atoms with E-state index in [1.807, 2.05) is 0 Å². The molecule has 0 aromatic heterocycles. The minimum Gasteiger partial charge on any atom is -0.321 e. The Morgan fingerprint density at radius 2 is 1.67 bits per heavy atom. The standard InChI is InChI=1S/C9H16F2O3S.C3H8/c1-8(2,6-14-7(10)11)15(12,13)9(3)4-5-9;1-3-2/h7H,4-6H2,1-3H3;3H2,1-2H3. The lowest BCUT2D eigenvalue weighted by atomic mass is 10.2. The van der Waals surface area contributed by atoms with E-state index in [4.69, 9.17) is 0 Å². The summed E-state index contributed by atoms with van der Waals surface area (Å²) in [7, 11) is -3.42. The maximum absolute atomic E-state index is 12.0. The van der Waals surface area contributed by atoms with Crippen LogP contribution < -0.4 is 0 Å². The van der Waals surface area contributed by atoms with Crippen LogP contribution in [0.4, 0.5) is 8.78 Å². The molecule has 1 rings (SSSR count). The third-order valence-electron chi connectivity index (χ3n) is 2.89. The van der Waals surface area contributed by atoms with Gasteiger partial charge in [-0.25, -0.2) is 8.42 Å². The monoisotopic (exact) mass is 286 g/mol. The second-order valence-corrected chi connectivity index (χ2v) is 8.59. The first kappa shape index (κ1) is 17.8. The Labute approximate surface area is 109 Å². The molecule has 0 spiro atoms. The molecular formula is C12H24F2O3S. The van der Waals surface area contributed by atoms with Crippen molar-refractivity contribution >= 4 is 9.84 Å². The third kappa shape index (κ3) is 4.16. The van der Waals surface area contributed by atoms with Crippen molar-refractivity contribution in [2.24, 2.45) is 0 Å². The van der Waals surface area contributed by atoms with Crippen molar-refractivity contribution in [1.29, 1.82) is 0 Å². The van der Waals surface area contributed by atoms with Gasteiger partial charge < -0.3 is 4.74 Å². The predicted molar refractivity (Wildman–Crippen MR) is 68.6 cm³/mol. The quantitative estimate of drug-likeness (QED) is 0.778. The van der Waals surface area contributed by atoms with Crippen molar-refractivity contribution in [1.82, 2.24) is 0 Å². The van der Waals surface area contributed by atoms with Crippen molar-refractivity contribution in [2.45, 2.75) is 70.0 Å². The Morgan fingerprint density at radius 1 is 1.28 bits per heavy atom. The van der Waals surface area contributed by atoms with E-state index in [1.54, 1.807) is 6.92 Å². The minimum absolute atomic E-state index is 0.470. The number of alkyl halides is 2. The molecular weight excluding hydrogens is 262 g/mol. The van der Waals surface area contributed by atoms with Crippen LogP contribution in [0.5, 0.6) is 0 Å². The van der Waals surface area contributed by atoms with Gasteiger partial charge in [0.15, 0.2) is 9.84 Å². The molecule has 110 valence electrons. The lowest BCUT2D eigenvalue weighted by Gasteiger charge is -2.28. The maximum Gasteiger partial charge on any atom is 0.345 e. The molecule has 0 heterocycles. The van der Waals surface area contributed by atoms with E-state index in [0.717, 1.165) is 0 Å². The first-order valence-electron chi connectivity index (χ1n) is 6.18. The molecule has 0 N–H and O–H groups in total. The van der Waals surface area contributed by atoms with Gasteiger partial charge in [0.2, 0.25) is 0 Å². The van der Waals surface area contributed by atoms with Crippen LogP contribution in [0.3, 0.4) is 0 Å². The second kappa shape index (κ2) is 6.28. The zero-order valence-corrected chi connectivity index (χ0v) is 12.6. The number of ether oxygens (including phenoxy) is 1. The van der Waals surface area contributed by atoms with E-state index in [2.05, 4.69) is 18.6 Å². The molecule has 1 fully saturated rings. The summed E-state index contributed by atoms with van der Waals surface area (Å²) in [5.74, 6) is 0. The molecule has 0 unspecified atom stereocenters. The van der Waals surface area contributed by atoms with Crippen molar-refractivity contribution in [2.75, 3.05) is 6.61 Å². The van der Waals surface area contributed by atoms with Gasteiger partial charge in [0.1, 0.15) is 0 Å². The van der Waals surface area contributed by atoms with Crippen molar-refractivity contribution in [3.8, 4) is 0 Å². The lowest BCUT2D eigenvalue weighted by molar-refractivity contribution is -0.133. The van der Waals surface area contributed by atoms with E-state index in [1.165, 1.54) is 20.3 Å². The highest BCUT2D eigenvalue weighted by Gasteiger charge is 2.56. The summed E-state index contributed by atoms with van der Waals surface area (Å²) in [6.45, 7) is 5.35. The molecule has 1 aliphatic rings. The summed E-state index contributed by atoms with van der Waals surface area (Å²) in [4.78, 5) is 0. The van der Waals surface area contributed by atoms with Gasteiger partial charge in [0.05, 0.1) is 16.1 Å². The topological polar surface area (TPSA) is 43.4 Å². The summed E-state index contributed by atoms with van der Waals surface area (Å²) in [6.07, 6.45) is 2.46. The fraction of sp³-hybridized carbons (Fsp3) is 1.00. The summed E-state index contributed by atoms with van der Waals surface area (Å²) >= 11 is 0. The maximum atomic E-state index is 12.0. The van der Waals surface area contributed by atoms with Gasteiger partial charge in [0, 0.05) is 0 Å². The lowest BCUT2D eigenvalue weighted by Crippen LogP contribution is -2.43. The first-order valence-corrected chi connectivity index (χ1v) is 7.66. The number of rotatable bonds is 5.